The molecule has 0 amide bonds. The van der Waals surface area contributed by atoms with Gasteiger partial charge in [-0.25, -0.2) is 0 Å². The monoisotopic (exact) mass is 367 g/mol. The lowest BCUT2D eigenvalue weighted by Gasteiger charge is -2.43. The summed E-state index contributed by atoms with van der Waals surface area (Å²) in [5, 5.41) is 16.3. The molecular formula is C25H25N3. The number of rotatable bonds is 3. The zero-order valence-electron chi connectivity index (χ0n) is 16.1. The minimum atomic E-state index is -0.462. The van der Waals surface area contributed by atoms with E-state index in [1.54, 1.807) is 0 Å². The SMILES string of the molecule is N#CC1(Nc2ccccc2)CCN(C2CCc3cccc4cccc2c34)CC1. The molecule has 0 radical (unpaired) electrons. The topological polar surface area (TPSA) is 39.1 Å². The molecule has 1 unspecified atom stereocenters. The van der Waals surface area contributed by atoms with Crippen molar-refractivity contribution < 1.29 is 0 Å². The number of piperidine rings is 1. The molecule has 1 heterocycles. The van der Waals surface area contributed by atoms with Gasteiger partial charge in [-0.15, -0.1) is 0 Å². The zero-order chi connectivity index (χ0) is 19.0. The fourth-order valence-corrected chi connectivity index (χ4v) is 5.04. The molecule has 1 atom stereocenters. The molecule has 3 aromatic carbocycles. The second-order valence-corrected chi connectivity index (χ2v) is 8.14. The molecule has 1 saturated heterocycles. The third-order valence-electron chi connectivity index (χ3n) is 6.53. The smallest absolute Gasteiger partial charge is 0.127 e. The second-order valence-electron chi connectivity index (χ2n) is 8.14. The van der Waals surface area contributed by atoms with E-state index in [1.165, 1.54) is 28.3 Å². The Labute approximate surface area is 166 Å². The second kappa shape index (κ2) is 6.96. The Morgan fingerprint density at radius 2 is 1.68 bits per heavy atom. The molecule has 0 bridgehead atoms. The Hall–Kier alpha value is -2.83. The van der Waals surface area contributed by atoms with Crippen molar-refractivity contribution in [3.63, 3.8) is 0 Å². The normalized spacial score (nSPS) is 21.2. The fourth-order valence-electron chi connectivity index (χ4n) is 5.04. The minimum Gasteiger partial charge on any atom is -0.367 e. The van der Waals surface area contributed by atoms with E-state index in [2.05, 4.69) is 52.7 Å². The number of nitriles is 1. The van der Waals surface area contributed by atoms with Gasteiger partial charge in [0.1, 0.15) is 5.54 Å². The van der Waals surface area contributed by atoms with Crippen molar-refractivity contribution in [3.05, 3.63) is 77.9 Å². The van der Waals surface area contributed by atoms with Crippen LogP contribution in [-0.4, -0.2) is 23.5 Å². The Morgan fingerprint density at radius 3 is 2.43 bits per heavy atom. The average Bonchev–Trinajstić information content (AvgIpc) is 2.76. The number of anilines is 1. The molecular weight excluding hydrogens is 342 g/mol. The van der Waals surface area contributed by atoms with E-state index in [4.69, 9.17) is 0 Å². The maximum atomic E-state index is 9.92. The van der Waals surface area contributed by atoms with Gasteiger partial charge in [0, 0.05) is 24.8 Å². The van der Waals surface area contributed by atoms with Gasteiger partial charge < -0.3 is 5.32 Å². The van der Waals surface area contributed by atoms with Crippen LogP contribution in [0.2, 0.25) is 0 Å². The average molecular weight is 367 g/mol. The van der Waals surface area contributed by atoms with Crippen LogP contribution < -0.4 is 5.32 Å². The molecule has 1 aliphatic heterocycles. The summed E-state index contributed by atoms with van der Waals surface area (Å²) in [6, 6.07) is 26.6. The molecule has 0 saturated carbocycles. The molecule has 140 valence electrons. The van der Waals surface area contributed by atoms with Crippen LogP contribution in [0.15, 0.2) is 66.7 Å². The Bertz CT molecular complexity index is 1020. The number of nitrogens with one attached hydrogen (secondary N) is 1. The first-order chi connectivity index (χ1) is 13.8. The van der Waals surface area contributed by atoms with Gasteiger partial charge in [0.15, 0.2) is 0 Å². The molecule has 1 N–H and O–H groups in total. The lowest BCUT2D eigenvalue weighted by atomic mass is 9.82. The highest BCUT2D eigenvalue weighted by Crippen LogP contribution is 2.40. The summed E-state index contributed by atoms with van der Waals surface area (Å²) in [6.45, 7) is 1.91. The van der Waals surface area contributed by atoms with Crippen LogP contribution in [-0.2, 0) is 6.42 Å². The van der Waals surface area contributed by atoms with Gasteiger partial charge in [-0.1, -0.05) is 54.6 Å². The van der Waals surface area contributed by atoms with Gasteiger partial charge in [0.2, 0.25) is 0 Å². The first-order valence-electron chi connectivity index (χ1n) is 10.3. The quantitative estimate of drug-likeness (QED) is 0.683. The summed E-state index contributed by atoms with van der Waals surface area (Å²) in [7, 11) is 0. The number of hydrogen-bond acceptors (Lipinski definition) is 3. The van der Waals surface area contributed by atoms with E-state index >= 15 is 0 Å². The highest BCUT2D eigenvalue weighted by Gasteiger charge is 2.38. The first-order valence-corrected chi connectivity index (χ1v) is 10.3. The number of likely N-dealkylation sites (tertiary alicyclic amines) is 1. The van der Waals surface area contributed by atoms with Gasteiger partial charge in [-0.2, -0.15) is 5.26 Å². The zero-order valence-corrected chi connectivity index (χ0v) is 16.1. The van der Waals surface area contributed by atoms with E-state index in [0.717, 1.165) is 38.0 Å². The van der Waals surface area contributed by atoms with Gasteiger partial charge in [-0.05, 0) is 59.7 Å². The largest absolute Gasteiger partial charge is 0.367 e. The molecule has 5 rings (SSSR count). The molecule has 1 aliphatic carbocycles. The molecule has 28 heavy (non-hydrogen) atoms. The van der Waals surface area contributed by atoms with Gasteiger partial charge in [-0.3, -0.25) is 4.90 Å². The van der Waals surface area contributed by atoms with Crippen molar-refractivity contribution in [2.24, 2.45) is 0 Å². The van der Waals surface area contributed by atoms with Crippen LogP contribution in [0.4, 0.5) is 5.69 Å². The van der Waals surface area contributed by atoms with Crippen molar-refractivity contribution in [3.8, 4) is 6.07 Å². The summed E-state index contributed by atoms with van der Waals surface area (Å²) < 4.78 is 0. The molecule has 2 aliphatic rings. The van der Waals surface area contributed by atoms with E-state index in [0.29, 0.717) is 6.04 Å². The molecule has 3 aromatic rings. The van der Waals surface area contributed by atoms with Crippen molar-refractivity contribution in [2.75, 3.05) is 18.4 Å². The predicted molar refractivity (Wildman–Crippen MR) is 114 cm³/mol. The number of benzene rings is 3. The molecule has 0 aromatic heterocycles. The fraction of sp³-hybridized carbons (Fsp3) is 0.320. The van der Waals surface area contributed by atoms with Crippen molar-refractivity contribution in [1.29, 1.82) is 5.26 Å². The summed E-state index contributed by atoms with van der Waals surface area (Å²) in [5.74, 6) is 0. The minimum absolute atomic E-state index is 0.462. The van der Waals surface area contributed by atoms with Crippen LogP contribution in [0, 0.1) is 11.3 Å². The lowest BCUT2D eigenvalue weighted by Crippen LogP contribution is -2.49. The highest BCUT2D eigenvalue weighted by atomic mass is 15.2. The Kier molecular flexibility index (Phi) is 4.30. The first kappa shape index (κ1) is 17.3. The van der Waals surface area contributed by atoms with E-state index < -0.39 is 5.54 Å². The van der Waals surface area contributed by atoms with Gasteiger partial charge in [0.25, 0.3) is 0 Å². The van der Waals surface area contributed by atoms with Crippen LogP contribution in [0.3, 0.4) is 0 Å². The third-order valence-corrected chi connectivity index (χ3v) is 6.53. The lowest BCUT2D eigenvalue weighted by molar-refractivity contribution is 0.134. The van der Waals surface area contributed by atoms with Gasteiger partial charge >= 0.3 is 0 Å². The van der Waals surface area contributed by atoms with E-state index in [1.807, 2.05) is 30.3 Å². The third kappa shape index (κ3) is 2.95. The number of nitrogens with zero attached hydrogens (tertiary/aromatic N) is 2. The molecule has 3 heteroatoms. The van der Waals surface area contributed by atoms with Crippen molar-refractivity contribution in [2.45, 2.75) is 37.3 Å². The summed E-state index contributed by atoms with van der Waals surface area (Å²) in [6.07, 6.45) is 4.02. The molecule has 0 spiro atoms. The van der Waals surface area contributed by atoms with Crippen molar-refractivity contribution >= 4 is 16.5 Å². The predicted octanol–water partition coefficient (Wildman–Crippen LogP) is 5.30. The van der Waals surface area contributed by atoms with Crippen LogP contribution in [0.1, 0.15) is 36.4 Å². The van der Waals surface area contributed by atoms with Crippen LogP contribution in [0.25, 0.3) is 10.8 Å². The van der Waals surface area contributed by atoms with E-state index in [9.17, 15) is 5.26 Å². The summed E-state index contributed by atoms with van der Waals surface area (Å²) >= 11 is 0. The standard InChI is InChI=1S/C25H25N3/c26-18-25(27-21-9-2-1-3-10-21)14-16-28(17-15-25)23-13-12-20-7-4-6-19-8-5-11-22(23)24(19)20/h1-11,23,27H,12-17H2. The summed E-state index contributed by atoms with van der Waals surface area (Å²) in [4.78, 5) is 2.60. The van der Waals surface area contributed by atoms with Gasteiger partial charge in [0.05, 0.1) is 6.07 Å². The number of para-hydroxylation sites is 1. The van der Waals surface area contributed by atoms with E-state index in [-0.39, 0.29) is 0 Å². The Balaban J connectivity index is 1.38. The number of hydrogen-bond donors (Lipinski definition) is 1. The highest BCUT2D eigenvalue weighted by molar-refractivity contribution is 5.90. The maximum Gasteiger partial charge on any atom is 0.127 e. The van der Waals surface area contributed by atoms with Crippen LogP contribution in [0.5, 0.6) is 0 Å². The summed E-state index contributed by atoms with van der Waals surface area (Å²) in [5.41, 5.74) is 3.53. The van der Waals surface area contributed by atoms with Crippen molar-refractivity contribution in [1.82, 2.24) is 4.90 Å². The number of aryl methyl sites for hydroxylation is 1. The molecule has 3 nitrogen and oxygen atoms in total. The Morgan fingerprint density at radius 1 is 0.929 bits per heavy atom. The van der Waals surface area contributed by atoms with Crippen LogP contribution >= 0.6 is 0 Å². The molecule has 1 fully saturated rings. The maximum absolute atomic E-state index is 9.92.